The Morgan fingerprint density at radius 3 is 2.40 bits per heavy atom. The summed E-state index contributed by atoms with van der Waals surface area (Å²) in [5.74, 6) is -0.0595. The van der Waals surface area contributed by atoms with Gasteiger partial charge in [0.2, 0.25) is 5.96 Å². The van der Waals surface area contributed by atoms with E-state index in [0.29, 0.717) is 5.75 Å². The normalized spacial score (nSPS) is 9.85. The number of benzene rings is 1. The van der Waals surface area contributed by atoms with Crippen molar-refractivity contribution in [3.05, 3.63) is 16.1 Å². The van der Waals surface area contributed by atoms with Crippen molar-refractivity contribution in [1.29, 1.82) is 5.41 Å². The van der Waals surface area contributed by atoms with Gasteiger partial charge in [0.15, 0.2) is 11.5 Å². The summed E-state index contributed by atoms with van der Waals surface area (Å²) in [6.45, 7) is 0. The van der Waals surface area contributed by atoms with Crippen LogP contribution in [0.2, 0.25) is 10.0 Å². The number of guanidine groups is 1. The van der Waals surface area contributed by atoms with Gasteiger partial charge < -0.3 is 20.5 Å². The van der Waals surface area contributed by atoms with Gasteiger partial charge in [-0.25, -0.2) is 9.69 Å². The lowest BCUT2D eigenvalue weighted by Gasteiger charge is -2.24. The number of nitrogens with two attached hydrogens (primary N) is 1. The van der Waals surface area contributed by atoms with Gasteiger partial charge in [-0.1, -0.05) is 23.2 Å². The molecule has 0 aliphatic heterocycles. The molecule has 0 spiro atoms. The highest BCUT2D eigenvalue weighted by atomic mass is 35.5. The largest absolute Gasteiger partial charge is 0.493 e. The first-order chi connectivity index (χ1) is 9.38. The fraction of sp³-hybridized carbons (Fsp3) is 0.273. The topological polar surface area (TPSA) is 101 Å². The first-order valence-electron chi connectivity index (χ1n) is 5.34. The SMILES string of the molecule is CNC(=O)N(C(=N)N)c1c(Cl)cc(OC)c(OC)c1Cl. The number of methoxy groups -OCH3 is 2. The highest BCUT2D eigenvalue weighted by Crippen LogP contribution is 2.46. The van der Waals surface area contributed by atoms with Crippen LogP contribution in [0.5, 0.6) is 11.5 Å². The van der Waals surface area contributed by atoms with Crippen molar-refractivity contribution in [3.63, 3.8) is 0 Å². The van der Waals surface area contributed by atoms with Crippen molar-refractivity contribution >= 4 is 40.9 Å². The second-order valence-corrected chi connectivity index (χ2v) is 4.32. The molecule has 0 radical (unpaired) electrons. The summed E-state index contributed by atoms with van der Waals surface area (Å²) in [4.78, 5) is 12.6. The summed E-state index contributed by atoms with van der Waals surface area (Å²) in [6, 6.07) is 0.758. The number of amides is 2. The molecule has 0 atom stereocenters. The Morgan fingerprint density at radius 1 is 1.40 bits per heavy atom. The minimum absolute atomic E-state index is 0.00986. The minimum atomic E-state index is -0.659. The maximum Gasteiger partial charge on any atom is 0.328 e. The number of urea groups is 1. The fourth-order valence-corrected chi connectivity index (χ4v) is 2.24. The molecule has 7 nitrogen and oxygen atoms in total. The second-order valence-electron chi connectivity index (χ2n) is 3.53. The van der Waals surface area contributed by atoms with E-state index < -0.39 is 12.0 Å². The van der Waals surface area contributed by atoms with Crippen LogP contribution in [0.3, 0.4) is 0 Å². The van der Waals surface area contributed by atoms with Crippen LogP contribution in [0.25, 0.3) is 0 Å². The van der Waals surface area contributed by atoms with E-state index in [1.165, 1.54) is 27.3 Å². The van der Waals surface area contributed by atoms with Gasteiger partial charge in [0.05, 0.1) is 24.9 Å². The molecule has 0 aliphatic rings. The first-order valence-corrected chi connectivity index (χ1v) is 6.10. The maximum absolute atomic E-state index is 11.8. The summed E-state index contributed by atoms with van der Waals surface area (Å²) in [5, 5.41) is 9.94. The van der Waals surface area contributed by atoms with Gasteiger partial charge in [0, 0.05) is 13.1 Å². The van der Waals surface area contributed by atoms with Gasteiger partial charge in [-0.05, 0) is 0 Å². The van der Waals surface area contributed by atoms with Crippen LogP contribution in [-0.2, 0) is 0 Å². The lowest BCUT2D eigenvalue weighted by molar-refractivity contribution is 0.251. The van der Waals surface area contributed by atoms with Crippen LogP contribution in [0.1, 0.15) is 0 Å². The number of anilines is 1. The molecule has 0 aromatic heterocycles. The molecule has 0 saturated heterocycles. The van der Waals surface area contributed by atoms with Gasteiger partial charge in [-0.15, -0.1) is 0 Å². The van der Waals surface area contributed by atoms with Crippen LogP contribution in [-0.4, -0.2) is 33.3 Å². The van der Waals surface area contributed by atoms with Crippen LogP contribution >= 0.6 is 23.2 Å². The zero-order valence-electron chi connectivity index (χ0n) is 11.1. The molecule has 1 aromatic carbocycles. The summed E-state index contributed by atoms with van der Waals surface area (Å²) < 4.78 is 10.2. The number of carbonyl (C=O) groups excluding carboxylic acids is 1. The molecule has 20 heavy (non-hydrogen) atoms. The number of hydrogen-bond acceptors (Lipinski definition) is 4. The fourth-order valence-electron chi connectivity index (χ4n) is 1.56. The average Bonchev–Trinajstić information content (AvgIpc) is 2.41. The van der Waals surface area contributed by atoms with E-state index in [-0.39, 0.29) is 21.5 Å². The van der Waals surface area contributed by atoms with E-state index in [2.05, 4.69) is 5.32 Å². The van der Waals surface area contributed by atoms with Crippen molar-refractivity contribution in [1.82, 2.24) is 5.32 Å². The number of nitrogens with one attached hydrogen (secondary N) is 2. The predicted molar refractivity (Wildman–Crippen MR) is 78.4 cm³/mol. The van der Waals surface area contributed by atoms with Crippen LogP contribution < -0.4 is 25.4 Å². The molecular weight excluding hydrogens is 307 g/mol. The van der Waals surface area contributed by atoms with Crippen molar-refractivity contribution in [3.8, 4) is 11.5 Å². The monoisotopic (exact) mass is 320 g/mol. The molecule has 1 rings (SSSR count). The van der Waals surface area contributed by atoms with E-state index in [9.17, 15) is 4.79 Å². The second kappa shape index (κ2) is 6.53. The smallest absolute Gasteiger partial charge is 0.328 e. The Hall–Kier alpha value is -1.86. The molecule has 0 unspecified atom stereocenters. The summed E-state index contributed by atoms with van der Waals surface area (Å²) in [6.07, 6.45) is 0. The Balaban J connectivity index is 3.58. The highest BCUT2D eigenvalue weighted by molar-refractivity contribution is 6.42. The zero-order valence-corrected chi connectivity index (χ0v) is 12.6. The summed E-state index contributed by atoms with van der Waals surface area (Å²) in [7, 11) is 4.20. The van der Waals surface area contributed by atoms with E-state index in [1.807, 2.05) is 0 Å². The van der Waals surface area contributed by atoms with E-state index >= 15 is 0 Å². The molecule has 1 aromatic rings. The van der Waals surface area contributed by atoms with Gasteiger partial charge in [-0.2, -0.15) is 0 Å². The number of rotatable bonds is 3. The molecule has 0 saturated carbocycles. The summed E-state index contributed by atoms with van der Waals surface area (Å²) >= 11 is 12.3. The molecule has 4 N–H and O–H groups in total. The van der Waals surface area contributed by atoms with Crippen molar-refractivity contribution in [2.45, 2.75) is 0 Å². The molecule has 0 heterocycles. The Bertz CT molecular complexity index is 551. The Morgan fingerprint density at radius 2 is 2.00 bits per heavy atom. The molecular formula is C11H14Cl2N4O3. The van der Waals surface area contributed by atoms with Crippen LogP contribution in [0, 0.1) is 5.41 Å². The molecule has 9 heteroatoms. The molecule has 0 aliphatic carbocycles. The van der Waals surface area contributed by atoms with E-state index in [1.54, 1.807) is 0 Å². The maximum atomic E-state index is 11.8. The van der Waals surface area contributed by atoms with Crippen molar-refractivity contribution in [2.24, 2.45) is 5.73 Å². The summed E-state index contributed by atoms with van der Waals surface area (Å²) in [5.41, 5.74) is 5.44. The number of halogens is 2. The Kier molecular flexibility index (Phi) is 5.29. The predicted octanol–water partition coefficient (Wildman–Crippen LogP) is 2.05. The molecule has 0 bridgehead atoms. The number of carbonyl (C=O) groups is 1. The average molecular weight is 321 g/mol. The van der Waals surface area contributed by atoms with Gasteiger partial charge in [-0.3, -0.25) is 5.41 Å². The Labute approximate surface area is 126 Å². The van der Waals surface area contributed by atoms with Gasteiger partial charge in [0.25, 0.3) is 0 Å². The number of hydrogen-bond donors (Lipinski definition) is 3. The molecule has 110 valence electrons. The standard InChI is InChI=1S/C11H14Cl2N4O3/c1-16-11(18)17(10(14)15)8-5(12)4-6(19-2)9(20-3)7(8)13/h4H,1-3H3,(H3,14,15)(H,16,18). The molecule has 2 amide bonds. The third-order valence-electron chi connectivity index (χ3n) is 2.42. The van der Waals surface area contributed by atoms with Gasteiger partial charge in [0.1, 0.15) is 5.02 Å². The van der Waals surface area contributed by atoms with Crippen molar-refractivity contribution in [2.75, 3.05) is 26.2 Å². The molecule has 0 fully saturated rings. The van der Waals surface area contributed by atoms with E-state index in [4.69, 9.17) is 43.8 Å². The van der Waals surface area contributed by atoms with Crippen LogP contribution in [0.4, 0.5) is 10.5 Å². The number of ether oxygens (including phenoxy) is 2. The zero-order chi connectivity index (χ0) is 15.4. The third kappa shape index (κ3) is 2.83. The number of nitrogens with zero attached hydrogens (tertiary/aromatic N) is 1. The van der Waals surface area contributed by atoms with Crippen molar-refractivity contribution < 1.29 is 14.3 Å². The van der Waals surface area contributed by atoms with E-state index in [0.717, 1.165) is 4.90 Å². The van der Waals surface area contributed by atoms with Crippen LogP contribution in [0.15, 0.2) is 6.07 Å². The van der Waals surface area contributed by atoms with Gasteiger partial charge >= 0.3 is 6.03 Å². The quantitative estimate of drug-likeness (QED) is 0.586. The highest BCUT2D eigenvalue weighted by Gasteiger charge is 2.27. The lowest BCUT2D eigenvalue weighted by Crippen LogP contribution is -2.46. The third-order valence-corrected chi connectivity index (χ3v) is 3.06. The lowest BCUT2D eigenvalue weighted by atomic mass is 10.2. The minimum Gasteiger partial charge on any atom is -0.493 e. The first kappa shape index (κ1) is 16.2.